The quantitative estimate of drug-likeness (QED) is 0.679. The second kappa shape index (κ2) is 5.79. The normalized spacial score (nSPS) is 35.3. The minimum atomic E-state index is -0.253. The topological polar surface area (TPSA) is 83.0 Å². The van der Waals surface area contributed by atoms with Gasteiger partial charge in [-0.25, -0.2) is 4.98 Å². The average Bonchev–Trinajstić information content (AvgIpc) is 3.00. The van der Waals surface area contributed by atoms with Gasteiger partial charge in [-0.3, -0.25) is 9.69 Å². The van der Waals surface area contributed by atoms with Gasteiger partial charge < -0.3 is 5.73 Å². The van der Waals surface area contributed by atoms with Crippen LogP contribution in [0.5, 0.6) is 0 Å². The zero-order valence-electron chi connectivity index (χ0n) is 13.1. The molecule has 23 heavy (non-hydrogen) atoms. The lowest BCUT2D eigenvalue weighted by molar-refractivity contribution is -0.124. The van der Waals surface area contributed by atoms with E-state index in [-0.39, 0.29) is 17.9 Å². The van der Waals surface area contributed by atoms with Gasteiger partial charge in [0.25, 0.3) is 0 Å². The summed E-state index contributed by atoms with van der Waals surface area (Å²) in [5.41, 5.74) is 5.32. The fourth-order valence-electron chi connectivity index (χ4n) is 4.60. The number of primary amides is 1. The van der Waals surface area contributed by atoms with Crippen molar-refractivity contribution in [3.05, 3.63) is 11.1 Å². The summed E-state index contributed by atoms with van der Waals surface area (Å²) >= 11 is 1.68. The van der Waals surface area contributed by atoms with Crippen LogP contribution in [0.2, 0.25) is 0 Å². The first kappa shape index (κ1) is 14.9. The van der Waals surface area contributed by atoms with Crippen molar-refractivity contribution < 1.29 is 4.79 Å². The molecule has 2 bridgehead atoms. The second-order valence-electron chi connectivity index (χ2n) is 7.36. The Balaban J connectivity index is 1.47. The highest BCUT2D eigenvalue weighted by atomic mass is 32.1. The minimum Gasteiger partial charge on any atom is -0.369 e. The van der Waals surface area contributed by atoms with Gasteiger partial charge in [-0.05, 0) is 49.9 Å². The number of thiazole rings is 1. The van der Waals surface area contributed by atoms with E-state index in [9.17, 15) is 10.1 Å². The monoisotopic (exact) mass is 330 g/mol. The molecule has 4 saturated carbocycles. The molecule has 0 saturated heterocycles. The number of fused-ring (bicyclic) bond motifs is 3. The van der Waals surface area contributed by atoms with E-state index < -0.39 is 0 Å². The Labute approximate surface area is 140 Å². The van der Waals surface area contributed by atoms with Crippen LogP contribution in [-0.4, -0.2) is 16.9 Å². The van der Waals surface area contributed by atoms with E-state index in [0.717, 1.165) is 17.0 Å². The van der Waals surface area contributed by atoms with Crippen LogP contribution in [0.15, 0.2) is 6.20 Å². The van der Waals surface area contributed by atoms with Crippen LogP contribution in [-0.2, 0) is 4.79 Å². The number of anilines is 1. The number of amides is 1. The lowest BCUT2D eigenvalue weighted by atomic mass is 9.64. The molecule has 1 atom stereocenters. The molecule has 1 aromatic rings. The number of nitrogens with zero attached hydrogens (tertiary/aromatic N) is 3. The first-order valence-corrected chi connectivity index (χ1v) is 9.41. The molecule has 122 valence electrons. The van der Waals surface area contributed by atoms with Crippen LogP contribution in [0.25, 0.3) is 0 Å². The van der Waals surface area contributed by atoms with Crippen molar-refractivity contribution in [1.29, 1.82) is 5.26 Å². The molecule has 1 aromatic heterocycles. The second-order valence-corrected chi connectivity index (χ2v) is 8.40. The van der Waals surface area contributed by atoms with Crippen LogP contribution in [0.4, 0.5) is 5.13 Å². The fraction of sp³-hybridized carbons (Fsp3) is 0.706. The summed E-state index contributed by atoms with van der Waals surface area (Å²) in [7, 11) is 0. The van der Waals surface area contributed by atoms with Crippen LogP contribution in [0, 0.1) is 29.2 Å². The largest absolute Gasteiger partial charge is 0.369 e. The molecule has 0 spiro atoms. The molecule has 0 aromatic carbocycles. The maximum absolute atomic E-state index is 11.2. The van der Waals surface area contributed by atoms with Gasteiger partial charge in [0.15, 0.2) is 11.3 Å². The molecule has 1 heterocycles. The van der Waals surface area contributed by atoms with E-state index in [1.807, 2.05) is 6.20 Å². The van der Waals surface area contributed by atoms with Crippen LogP contribution in [0.3, 0.4) is 0 Å². The lowest BCUT2D eigenvalue weighted by Gasteiger charge is -2.42. The number of hydrogen-bond donors (Lipinski definition) is 1. The van der Waals surface area contributed by atoms with Crippen molar-refractivity contribution >= 4 is 22.4 Å². The summed E-state index contributed by atoms with van der Waals surface area (Å²) in [5.74, 6) is 2.02. The smallest absolute Gasteiger partial charge is 0.220 e. The van der Waals surface area contributed by atoms with Crippen LogP contribution < -0.4 is 10.6 Å². The van der Waals surface area contributed by atoms with E-state index in [2.05, 4.69) is 11.2 Å². The maximum atomic E-state index is 11.2. The van der Waals surface area contributed by atoms with Gasteiger partial charge in [-0.2, -0.15) is 5.26 Å². The highest BCUT2D eigenvalue weighted by Crippen LogP contribution is 2.51. The molecule has 1 amide bonds. The Hall–Kier alpha value is -1.61. The van der Waals surface area contributed by atoms with Gasteiger partial charge in [0.05, 0.1) is 0 Å². The number of aromatic nitrogens is 1. The van der Waals surface area contributed by atoms with Crippen molar-refractivity contribution in [2.45, 2.75) is 56.9 Å². The summed E-state index contributed by atoms with van der Waals surface area (Å²) in [6.07, 6.45) is 12.4. The molecule has 6 heteroatoms. The molecule has 4 aliphatic carbocycles. The third-order valence-electron chi connectivity index (χ3n) is 6.12. The summed E-state index contributed by atoms with van der Waals surface area (Å²) in [6, 6.07) is 0.0827. The van der Waals surface area contributed by atoms with Gasteiger partial charge in [0.2, 0.25) is 5.91 Å². The first-order valence-electron chi connectivity index (χ1n) is 8.59. The van der Waals surface area contributed by atoms with E-state index in [1.165, 1.54) is 37.0 Å². The predicted octanol–water partition coefficient (Wildman–Crippen LogP) is 2.99. The van der Waals surface area contributed by atoms with Crippen LogP contribution >= 0.6 is 11.3 Å². The van der Waals surface area contributed by atoms with E-state index in [4.69, 9.17) is 5.73 Å². The van der Waals surface area contributed by atoms with Crippen molar-refractivity contribution in [2.24, 2.45) is 23.5 Å². The van der Waals surface area contributed by atoms with E-state index in [0.29, 0.717) is 18.8 Å². The molecule has 0 radical (unpaired) electrons. The molecule has 2 N–H and O–H groups in total. The third-order valence-corrected chi connectivity index (χ3v) is 7.25. The Morgan fingerprint density at radius 1 is 1.30 bits per heavy atom. The summed E-state index contributed by atoms with van der Waals surface area (Å²) in [6.45, 7) is 0. The number of hydrogen-bond acceptors (Lipinski definition) is 5. The van der Waals surface area contributed by atoms with Crippen molar-refractivity contribution in [3.8, 4) is 6.19 Å². The number of carbonyl (C=O) groups excluding carboxylic acids is 1. The Bertz CT molecular complexity index is 637. The van der Waals surface area contributed by atoms with Gasteiger partial charge in [0, 0.05) is 23.0 Å². The Kier molecular flexibility index (Phi) is 3.76. The molecule has 4 aliphatic rings. The third kappa shape index (κ3) is 2.61. The van der Waals surface area contributed by atoms with E-state index >= 15 is 0 Å². The summed E-state index contributed by atoms with van der Waals surface area (Å²) < 4.78 is 0. The number of carbonyl (C=O) groups is 1. The predicted molar refractivity (Wildman–Crippen MR) is 88.7 cm³/mol. The lowest BCUT2D eigenvalue weighted by Crippen LogP contribution is -2.47. The SMILES string of the molecule is N#CN(c1ncc([C@H]2CC3CCC2CC3)s1)C1CC(C(N)=O)C1. The Morgan fingerprint density at radius 2 is 2.04 bits per heavy atom. The molecule has 5 nitrogen and oxygen atoms in total. The van der Waals surface area contributed by atoms with Crippen molar-refractivity contribution in [3.63, 3.8) is 0 Å². The van der Waals surface area contributed by atoms with Crippen molar-refractivity contribution in [1.82, 2.24) is 4.98 Å². The molecule has 4 fully saturated rings. The summed E-state index contributed by atoms with van der Waals surface area (Å²) in [5, 5.41) is 10.3. The zero-order chi connectivity index (χ0) is 16.0. The van der Waals surface area contributed by atoms with Crippen molar-refractivity contribution in [2.75, 3.05) is 4.90 Å². The van der Waals surface area contributed by atoms with Gasteiger partial charge >= 0.3 is 0 Å². The number of rotatable bonds is 4. The van der Waals surface area contributed by atoms with Gasteiger partial charge in [0.1, 0.15) is 0 Å². The average molecular weight is 330 g/mol. The summed E-state index contributed by atoms with van der Waals surface area (Å²) in [4.78, 5) is 18.7. The zero-order valence-corrected chi connectivity index (χ0v) is 14.0. The fourth-order valence-corrected chi connectivity index (χ4v) is 5.75. The highest BCUT2D eigenvalue weighted by molar-refractivity contribution is 7.15. The van der Waals surface area contributed by atoms with Gasteiger partial charge in [-0.1, -0.05) is 12.8 Å². The number of nitriles is 1. The number of nitrogens with two attached hydrogens (primary N) is 1. The molecule has 0 unspecified atom stereocenters. The maximum Gasteiger partial charge on any atom is 0.220 e. The van der Waals surface area contributed by atoms with E-state index in [1.54, 1.807) is 16.2 Å². The molecular formula is C17H22N4OS. The minimum absolute atomic E-state index is 0.0793. The standard InChI is InChI=1S/C17H22N4OS/c18-9-21(13-6-12(7-13)16(19)22)17-20-8-15(23-17)14-5-10-1-3-11(14)4-2-10/h8,10-14H,1-7H2,(H2,19,22)/t10?,11?,12?,13?,14-/m0/s1. The highest BCUT2D eigenvalue weighted by Gasteiger charge is 2.40. The van der Waals surface area contributed by atoms with Gasteiger partial charge in [-0.15, -0.1) is 11.3 Å². The Morgan fingerprint density at radius 3 is 2.61 bits per heavy atom. The first-order chi connectivity index (χ1) is 11.2. The molecular weight excluding hydrogens is 308 g/mol. The molecule has 0 aliphatic heterocycles. The van der Waals surface area contributed by atoms with Crippen LogP contribution in [0.1, 0.15) is 55.7 Å². The molecule has 5 rings (SSSR count).